The van der Waals surface area contributed by atoms with Crippen LogP contribution in [0, 0.1) is 0 Å². The fourth-order valence-corrected chi connectivity index (χ4v) is 4.14. The molecule has 3 aromatic rings. The summed E-state index contributed by atoms with van der Waals surface area (Å²) in [4.78, 5) is 18.2. The molecular formula is C20H18N2O3S2. The van der Waals surface area contributed by atoms with Crippen molar-refractivity contribution in [2.75, 3.05) is 11.1 Å². The summed E-state index contributed by atoms with van der Waals surface area (Å²) in [6.07, 6.45) is 1.65. The molecular weight excluding hydrogens is 380 g/mol. The number of sulfone groups is 1. The van der Waals surface area contributed by atoms with Gasteiger partial charge in [-0.2, -0.15) is 0 Å². The first-order chi connectivity index (χ1) is 13.0. The third kappa shape index (κ3) is 4.75. The highest BCUT2D eigenvalue weighted by atomic mass is 32.2. The number of nitrogens with one attached hydrogen (secondary N) is 1. The highest BCUT2D eigenvalue weighted by Crippen LogP contribution is 2.28. The Labute approximate surface area is 162 Å². The Morgan fingerprint density at radius 3 is 2.37 bits per heavy atom. The minimum atomic E-state index is -3.26. The average molecular weight is 399 g/mol. The van der Waals surface area contributed by atoms with Crippen molar-refractivity contribution in [3.63, 3.8) is 0 Å². The van der Waals surface area contributed by atoms with Crippen molar-refractivity contribution in [3.8, 4) is 0 Å². The summed E-state index contributed by atoms with van der Waals surface area (Å²) in [6.45, 7) is 1.60. The molecule has 0 aliphatic rings. The second-order valence-corrected chi connectivity index (χ2v) is 8.99. The number of amides is 1. The summed E-state index contributed by atoms with van der Waals surface area (Å²) in [5.74, 6) is -0.262. The number of carbonyl (C=O) groups is 1. The van der Waals surface area contributed by atoms with Crippen LogP contribution in [0.15, 0.2) is 87.7 Å². The summed E-state index contributed by atoms with van der Waals surface area (Å²) in [7, 11) is -3.26. The van der Waals surface area contributed by atoms with Gasteiger partial charge in [0.25, 0.3) is 5.91 Å². The summed E-state index contributed by atoms with van der Waals surface area (Å²) in [6, 6.07) is 19.3. The van der Waals surface area contributed by atoms with Gasteiger partial charge in [-0.25, -0.2) is 13.4 Å². The first-order valence-electron chi connectivity index (χ1n) is 8.31. The Morgan fingerprint density at radius 1 is 1.00 bits per heavy atom. The van der Waals surface area contributed by atoms with Gasteiger partial charge in [0.2, 0.25) is 0 Å². The van der Waals surface area contributed by atoms with E-state index < -0.39 is 9.84 Å². The van der Waals surface area contributed by atoms with Crippen molar-refractivity contribution >= 4 is 33.2 Å². The van der Waals surface area contributed by atoms with E-state index in [1.807, 2.05) is 30.3 Å². The van der Waals surface area contributed by atoms with Gasteiger partial charge in [-0.05, 0) is 48.5 Å². The zero-order valence-corrected chi connectivity index (χ0v) is 16.3. The molecule has 7 heteroatoms. The number of pyridine rings is 1. The average Bonchev–Trinajstić information content (AvgIpc) is 2.69. The van der Waals surface area contributed by atoms with Crippen LogP contribution in [0.1, 0.15) is 17.3 Å². The van der Waals surface area contributed by atoms with E-state index in [4.69, 9.17) is 0 Å². The van der Waals surface area contributed by atoms with Crippen molar-refractivity contribution in [1.82, 2.24) is 4.98 Å². The standard InChI is InChI=1S/C20H18N2O3S2/c1-2-27(24,25)17-12-10-15(11-13-17)22-19(23)18-9-6-14-21-20(18)26-16-7-4-3-5-8-16/h3-14H,2H2,1H3,(H,22,23). The maximum atomic E-state index is 12.7. The van der Waals surface area contributed by atoms with Gasteiger partial charge in [-0.3, -0.25) is 4.79 Å². The molecule has 0 fully saturated rings. The van der Waals surface area contributed by atoms with Crippen molar-refractivity contribution in [1.29, 1.82) is 0 Å². The van der Waals surface area contributed by atoms with E-state index >= 15 is 0 Å². The van der Waals surface area contributed by atoms with Gasteiger partial charge in [0, 0.05) is 16.8 Å². The molecule has 0 atom stereocenters. The molecule has 27 heavy (non-hydrogen) atoms. The second-order valence-electron chi connectivity index (χ2n) is 5.65. The zero-order chi connectivity index (χ0) is 19.3. The van der Waals surface area contributed by atoms with Crippen LogP contribution in [0.25, 0.3) is 0 Å². The van der Waals surface area contributed by atoms with Crippen LogP contribution >= 0.6 is 11.8 Å². The van der Waals surface area contributed by atoms with E-state index in [1.165, 1.54) is 23.9 Å². The lowest BCUT2D eigenvalue weighted by Gasteiger charge is -2.10. The Morgan fingerprint density at radius 2 is 1.70 bits per heavy atom. The Hall–Kier alpha value is -2.64. The van der Waals surface area contributed by atoms with Gasteiger partial charge in [0.1, 0.15) is 5.03 Å². The van der Waals surface area contributed by atoms with Gasteiger partial charge in [0.15, 0.2) is 9.84 Å². The summed E-state index contributed by atoms with van der Waals surface area (Å²) in [5, 5.41) is 3.40. The Bertz CT molecular complexity index is 1030. The molecule has 138 valence electrons. The molecule has 3 rings (SSSR count). The summed E-state index contributed by atoms with van der Waals surface area (Å²) < 4.78 is 23.8. The van der Waals surface area contributed by atoms with Crippen molar-refractivity contribution in [2.45, 2.75) is 21.7 Å². The minimum absolute atomic E-state index is 0.0362. The van der Waals surface area contributed by atoms with Crippen molar-refractivity contribution < 1.29 is 13.2 Å². The molecule has 0 spiro atoms. The number of nitrogens with zero attached hydrogens (tertiary/aromatic N) is 1. The fraction of sp³-hybridized carbons (Fsp3) is 0.100. The van der Waals surface area contributed by atoms with Crippen LogP contribution in [0.2, 0.25) is 0 Å². The Kier molecular flexibility index (Phi) is 5.93. The number of anilines is 1. The quantitative estimate of drug-likeness (QED) is 0.671. The predicted octanol–water partition coefficient (Wildman–Crippen LogP) is 4.28. The third-order valence-electron chi connectivity index (χ3n) is 3.82. The topological polar surface area (TPSA) is 76.1 Å². The molecule has 0 aliphatic carbocycles. The van der Waals surface area contributed by atoms with Crippen LogP contribution < -0.4 is 5.32 Å². The first-order valence-corrected chi connectivity index (χ1v) is 10.8. The molecule has 0 aliphatic heterocycles. The normalized spacial score (nSPS) is 11.1. The van der Waals surface area contributed by atoms with Crippen LogP contribution in [-0.2, 0) is 9.84 Å². The van der Waals surface area contributed by atoms with E-state index in [2.05, 4.69) is 10.3 Å². The summed E-state index contributed by atoms with van der Waals surface area (Å²) in [5.41, 5.74) is 0.978. The molecule has 1 heterocycles. The van der Waals surface area contributed by atoms with E-state index in [9.17, 15) is 13.2 Å². The van der Waals surface area contributed by atoms with Gasteiger partial charge in [-0.15, -0.1) is 0 Å². The van der Waals surface area contributed by atoms with E-state index in [0.717, 1.165) is 4.90 Å². The number of rotatable bonds is 6. The van der Waals surface area contributed by atoms with Gasteiger partial charge < -0.3 is 5.32 Å². The smallest absolute Gasteiger partial charge is 0.258 e. The molecule has 1 amide bonds. The maximum Gasteiger partial charge on any atom is 0.258 e. The van der Waals surface area contributed by atoms with E-state index in [1.54, 1.807) is 37.4 Å². The van der Waals surface area contributed by atoms with Crippen LogP contribution in [-0.4, -0.2) is 25.1 Å². The first kappa shape index (κ1) is 19.1. The molecule has 0 bridgehead atoms. The lowest BCUT2D eigenvalue weighted by atomic mass is 10.2. The van der Waals surface area contributed by atoms with Gasteiger partial charge in [-0.1, -0.05) is 36.9 Å². The van der Waals surface area contributed by atoms with Crippen molar-refractivity contribution in [3.05, 3.63) is 78.5 Å². The number of hydrogen-bond donors (Lipinski definition) is 1. The largest absolute Gasteiger partial charge is 0.322 e. The molecule has 0 saturated heterocycles. The van der Waals surface area contributed by atoms with Crippen molar-refractivity contribution in [2.24, 2.45) is 0 Å². The molecule has 0 radical (unpaired) electrons. The zero-order valence-electron chi connectivity index (χ0n) is 14.6. The molecule has 0 saturated carbocycles. The lowest BCUT2D eigenvalue weighted by Crippen LogP contribution is -2.13. The van der Waals surface area contributed by atoms with Gasteiger partial charge in [0.05, 0.1) is 16.2 Å². The highest BCUT2D eigenvalue weighted by molar-refractivity contribution is 7.99. The molecule has 1 aromatic heterocycles. The molecule has 2 aromatic carbocycles. The number of hydrogen-bond acceptors (Lipinski definition) is 5. The van der Waals surface area contributed by atoms with Crippen LogP contribution in [0.5, 0.6) is 0 Å². The van der Waals surface area contributed by atoms with Gasteiger partial charge >= 0.3 is 0 Å². The van der Waals surface area contributed by atoms with E-state index in [0.29, 0.717) is 16.3 Å². The number of aromatic nitrogens is 1. The van der Waals surface area contributed by atoms with E-state index in [-0.39, 0.29) is 16.6 Å². The monoisotopic (exact) mass is 398 g/mol. The van der Waals surface area contributed by atoms with Crippen LogP contribution in [0.3, 0.4) is 0 Å². The SMILES string of the molecule is CCS(=O)(=O)c1ccc(NC(=O)c2cccnc2Sc2ccccc2)cc1. The minimum Gasteiger partial charge on any atom is -0.322 e. The molecule has 1 N–H and O–H groups in total. The number of benzene rings is 2. The highest BCUT2D eigenvalue weighted by Gasteiger charge is 2.15. The second kappa shape index (κ2) is 8.37. The molecule has 0 unspecified atom stereocenters. The van der Waals surface area contributed by atoms with Crippen LogP contribution in [0.4, 0.5) is 5.69 Å². The third-order valence-corrected chi connectivity index (χ3v) is 6.60. The summed E-state index contributed by atoms with van der Waals surface area (Å²) >= 11 is 1.41. The molecule has 5 nitrogen and oxygen atoms in total. The lowest BCUT2D eigenvalue weighted by molar-refractivity contribution is 0.102. The predicted molar refractivity (Wildman–Crippen MR) is 107 cm³/mol. The Balaban J connectivity index is 1.79. The number of carbonyl (C=O) groups excluding carboxylic acids is 1. The fourth-order valence-electron chi connectivity index (χ4n) is 2.36. The maximum absolute atomic E-state index is 12.7.